The molecule has 0 saturated carbocycles. The van der Waals surface area contributed by atoms with Gasteiger partial charge in [-0.1, -0.05) is 40.2 Å². The van der Waals surface area contributed by atoms with Crippen molar-refractivity contribution in [2.75, 3.05) is 11.9 Å². The average Bonchev–Trinajstić information content (AvgIpc) is 2.84. The zero-order valence-electron chi connectivity index (χ0n) is 14.0. The van der Waals surface area contributed by atoms with Gasteiger partial charge in [-0.05, 0) is 37.5 Å². The Bertz CT molecular complexity index is 966. The van der Waals surface area contributed by atoms with Crippen molar-refractivity contribution in [3.8, 4) is 16.9 Å². The second-order valence-corrected chi connectivity index (χ2v) is 7.14. The molecule has 1 aromatic heterocycles. The van der Waals surface area contributed by atoms with E-state index in [4.69, 9.17) is 5.10 Å². The van der Waals surface area contributed by atoms with Crippen molar-refractivity contribution in [2.45, 2.75) is 19.3 Å². The van der Waals surface area contributed by atoms with E-state index >= 15 is 0 Å². The Labute approximate surface area is 159 Å². The summed E-state index contributed by atoms with van der Waals surface area (Å²) in [4.78, 5) is 11.1. The van der Waals surface area contributed by atoms with Crippen LogP contribution in [0.5, 0.6) is 0 Å². The standard InChI is InChI=1S/C19H17BrN4O2/c20-14-10-8-13(9-11-14)18-15-5-3-4-12-21-19(15)23(22-18)16-6-1-2-7-17(16)24(25)26/h1-2,6-11,21H,3-5,12H2. The van der Waals surface area contributed by atoms with Crippen molar-refractivity contribution >= 4 is 27.4 Å². The lowest BCUT2D eigenvalue weighted by Gasteiger charge is -2.09. The smallest absolute Gasteiger partial charge is 0.294 e. The molecule has 0 spiro atoms. The third-order valence-electron chi connectivity index (χ3n) is 4.55. The minimum Gasteiger partial charge on any atom is -0.370 e. The summed E-state index contributed by atoms with van der Waals surface area (Å²) < 4.78 is 2.69. The molecule has 0 amide bonds. The summed E-state index contributed by atoms with van der Waals surface area (Å²) in [5, 5.41) is 19.7. The summed E-state index contributed by atoms with van der Waals surface area (Å²) in [6.45, 7) is 0.832. The first-order chi connectivity index (χ1) is 12.6. The molecule has 1 aliphatic rings. The van der Waals surface area contributed by atoms with Gasteiger partial charge in [0.05, 0.1) is 10.6 Å². The number of anilines is 1. The highest BCUT2D eigenvalue weighted by molar-refractivity contribution is 9.10. The predicted molar refractivity (Wildman–Crippen MR) is 105 cm³/mol. The van der Waals surface area contributed by atoms with E-state index in [1.807, 2.05) is 24.3 Å². The molecule has 0 bridgehead atoms. The van der Waals surface area contributed by atoms with Crippen LogP contribution in [0.1, 0.15) is 18.4 Å². The lowest BCUT2D eigenvalue weighted by Crippen LogP contribution is -2.08. The zero-order chi connectivity index (χ0) is 18.1. The highest BCUT2D eigenvalue weighted by atomic mass is 79.9. The van der Waals surface area contributed by atoms with Gasteiger partial charge in [0.2, 0.25) is 0 Å². The number of aromatic nitrogens is 2. The van der Waals surface area contributed by atoms with E-state index in [0.29, 0.717) is 5.69 Å². The van der Waals surface area contributed by atoms with Crippen LogP contribution in [0.25, 0.3) is 16.9 Å². The highest BCUT2D eigenvalue weighted by Gasteiger charge is 2.25. The highest BCUT2D eigenvalue weighted by Crippen LogP contribution is 2.36. The fraction of sp³-hybridized carbons (Fsp3) is 0.211. The van der Waals surface area contributed by atoms with Crippen LogP contribution in [0.2, 0.25) is 0 Å². The van der Waals surface area contributed by atoms with Crippen LogP contribution in [-0.2, 0) is 6.42 Å². The SMILES string of the molecule is O=[N+]([O-])c1ccccc1-n1nc(-c2ccc(Br)cc2)c2c1NCCCC2. The molecule has 26 heavy (non-hydrogen) atoms. The van der Waals surface area contributed by atoms with E-state index in [-0.39, 0.29) is 10.6 Å². The average molecular weight is 413 g/mol. The van der Waals surface area contributed by atoms with Crippen LogP contribution < -0.4 is 5.32 Å². The van der Waals surface area contributed by atoms with Gasteiger partial charge in [0.25, 0.3) is 5.69 Å². The molecule has 7 heteroatoms. The molecule has 0 unspecified atom stereocenters. The molecule has 3 aromatic rings. The van der Waals surface area contributed by atoms with Crippen LogP contribution in [0.4, 0.5) is 11.5 Å². The molecule has 132 valence electrons. The summed E-state index contributed by atoms with van der Waals surface area (Å²) in [6, 6.07) is 14.7. The van der Waals surface area contributed by atoms with Gasteiger partial charge in [-0.2, -0.15) is 5.10 Å². The Kier molecular flexibility index (Phi) is 4.46. The summed E-state index contributed by atoms with van der Waals surface area (Å²) >= 11 is 3.46. The van der Waals surface area contributed by atoms with Crippen molar-refractivity contribution in [3.63, 3.8) is 0 Å². The topological polar surface area (TPSA) is 73.0 Å². The van der Waals surface area contributed by atoms with E-state index in [1.54, 1.807) is 22.9 Å². The number of para-hydroxylation sites is 2. The monoisotopic (exact) mass is 412 g/mol. The minimum atomic E-state index is -0.362. The molecule has 0 atom stereocenters. The Morgan fingerprint density at radius 1 is 1.12 bits per heavy atom. The maximum absolute atomic E-state index is 11.5. The molecule has 2 heterocycles. The quantitative estimate of drug-likeness (QED) is 0.487. The number of hydrogen-bond donors (Lipinski definition) is 1. The van der Waals surface area contributed by atoms with Gasteiger partial charge in [0.15, 0.2) is 0 Å². The number of nitrogens with zero attached hydrogens (tertiary/aromatic N) is 3. The summed E-state index contributed by atoms with van der Waals surface area (Å²) in [5.74, 6) is 0.856. The fourth-order valence-corrected chi connectivity index (χ4v) is 3.58. The van der Waals surface area contributed by atoms with Gasteiger partial charge >= 0.3 is 0 Å². The maximum atomic E-state index is 11.5. The molecule has 1 aliphatic heterocycles. The first kappa shape index (κ1) is 16.8. The van der Waals surface area contributed by atoms with Crippen LogP contribution in [0, 0.1) is 10.1 Å². The number of nitro benzene ring substituents is 1. The summed E-state index contributed by atoms with van der Waals surface area (Å²) in [7, 11) is 0. The van der Waals surface area contributed by atoms with E-state index in [2.05, 4.69) is 21.2 Å². The van der Waals surface area contributed by atoms with Gasteiger partial charge in [-0.25, -0.2) is 4.68 Å². The molecule has 0 saturated heterocycles. The molecule has 0 radical (unpaired) electrons. The lowest BCUT2D eigenvalue weighted by molar-refractivity contribution is -0.384. The molecule has 0 fully saturated rings. The van der Waals surface area contributed by atoms with Gasteiger partial charge in [-0.3, -0.25) is 10.1 Å². The molecule has 6 nitrogen and oxygen atoms in total. The molecule has 4 rings (SSSR count). The van der Waals surface area contributed by atoms with Gasteiger partial charge in [0, 0.05) is 28.2 Å². The minimum absolute atomic E-state index is 0.0474. The third-order valence-corrected chi connectivity index (χ3v) is 5.08. The third kappa shape index (κ3) is 2.99. The number of halogens is 1. The number of hydrogen-bond acceptors (Lipinski definition) is 4. The van der Waals surface area contributed by atoms with Gasteiger partial charge < -0.3 is 5.32 Å². The van der Waals surface area contributed by atoms with E-state index in [1.165, 1.54) is 6.07 Å². The Morgan fingerprint density at radius 2 is 1.88 bits per heavy atom. The van der Waals surface area contributed by atoms with Gasteiger partial charge in [-0.15, -0.1) is 0 Å². The van der Waals surface area contributed by atoms with Crippen molar-refractivity contribution < 1.29 is 4.92 Å². The largest absolute Gasteiger partial charge is 0.370 e. The van der Waals surface area contributed by atoms with Crippen molar-refractivity contribution in [2.24, 2.45) is 0 Å². The Morgan fingerprint density at radius 3 is 2.65 bits per heavy atom. The van der Waals surface area contributed by atoms with E-state index in [9.17, 15) is 10.1 Å². The van der Waals surface area contributed by atoms with Gasteiger partial charge in [0.1, 0.15) is 11.5 Å². The fourth-order valence-electron chi connectivity index (χ4n) is 3.31. The molecule has 0 aliphatic carbocycles. The van der Waals surface area contributed by atoms with Crippen LogP contribution >= 0.6 is 15.9 Å². The van der Waals surface area contributed by atoms with Crippen molar-refractivity contribution in [3.05, 3.63) is 68.7 Å². The second kappa shape index (κ2) is 6.92. The summed E-state index contributed by atoms with van der Waals surface area (Å²) in [6.07, 6.45) is 3.02. The second-order valence-electron chi connectivity index (χ2n) is 6.22. The maximum Gasteiger partial charge on any atom is 0.294 e. The first-order valence-electron chi connectivity index (χ1n) is 8.50. The van der Waals surface area contributed by atoms with E-state index < -0.39 is 0 Å². The Balaban J connectivity index is 1.94. The van der Waals surface area contributed by atoms with E-state index in [0.717, 1.165) is 52.9 Å². The zero-order valence-corrected chi connectivity index (χ0v) is 15.6. The summed E-state index contributed by atoms with van der Waals surface area (Å²) in [5.41, 5.74) is 3.52. The first-order valence-corrected chi connectivity index (χ1v) is 9.30. The van der Waals surface area contributed by atoms with Crippen LogP contribution in [0.3, 0.4) is 0 Å². The normalized spacial score (nSPS) is 13.6. The number of nitrogens with one attached hydrogen (secondary N) is 1. The predicted octanol–water partition coefficient (Wildman–Crippen LogP) is 4.96. The van der Waals surface area contributed by atoms with Crippen LogP contribution in [-0.4, -0.2) is 21.2 Å². The molecular formula is C19H17BrN4O2. The molecule has 2 aromatic carbocycles. The van der Waals surface area contributed by atoms with Crippen molar-refractivity contribution in [1.29, 1.82) is 0 Å². The lowest BCUT2D eigenvalue weighted by atomic mass is 10.0. The molecule has 1 N–H and O–H groups in total. The van der Waals surface area contributed by atoms with Crippen molar-refractivity contribution in [1.82, 2.24) is 9.78 Å². The number of nitro groups is 1. The Hall–Kier alpha value is -2.67. The molecular weight excluding hydrogens is 396 g/mol. The number of rotatable bonds is 3. The number of benzene rings is 2. The van der Waals surface area contributed by atoms with Crippen LogP contribution in [0.15, 0.2) is 53.0 Å². The number of fused-ring (bicyclic) bond motifs is 1.